The number of likely N-dealkylation sites (tertiary alicyclic amines) is 1. The van der Waals surface area contributed by atoms with Gasteiger partial charge in [-0.1, -0.05) is 12.1 Å². The third-order valence-electron chi connectivity index (χ3n) is 6.01. The number of nitrogens with zero attached hydrogens (tertiary/aromatic N) is 2. The Kier molecular flexibility index (Phi) is 4.59. The number of aromatic nitrogens is 1. The summed E-state index contributed by atoms with van der Waals surface area (Å²) in [5.41, 5.74) is 3.31. The van der Waals surface area contributed by atoms with Crippen LogP contribution in [0.3, 0.4) is 0 Å². The van der Waals surface area contributed by atoms with E-state index in [0.717, 1.165) is 23.2 Å². The van der Waals surface area contributed by atoms with Crippen LogP contribution in [0.4, 0.5) is 0 Å². The number of fused-ring (bicyclic) bond motifs is 4. The van der Waals surface area contributed by atoms with Gasteiger partial charge in [-0.2, -0.15) is 0 Å². The molecule has 2 aromatic heterocycles. The summed E-state index contributed by atoms with van der Waals surface area (Å²) >= 11 is 1.71. The van der Waals surface area contributed by atoms with Crippen molar-refractivity contribution in [2.45, 2.75) is 23.8 Å². The third-order valence-corrected chi connectivity index (χ3v) is 6.75. The van der Waals surface area contributed by atoms with Crippen LogP contribution in [-0.2, 0) is 6.54 Å². The molecule has 1 saturated heterocycles. The van der Waals surface area contributed by atoms with E-state index in [1.807, 2.05) is 15.5 Å². The Bertz CT molecular complexity index is 1100. The van der Waals surface area contributed by atoms with E-state index < -0.39 is 0 Å². The number of carbonyl (C=O) groups is 1. The van der Waals surface area contributed by atoms with Crippen LogP contribution in [0.1, 0.15) is 28.6 Å². The number of hydrogen-bond donors (Lipinski definition) is 0. The maximum absolute atomic E-state index is 12.9. The zero-order valence-electron chi connectivity index (χ0n) is 16.2. The second kappa shape index (κ2) is 7.26. The van der Waals surface area contributed by atoms with Gasteiger partial charge in [0.05, 0.1) is 6.26 Å². The highest BCUT2D eigenvalue weighted by Crippen LogP contribution is 2.40. The molecule has 4 heterocycles. The molecule has 0 saturated carbocycles. The molecule has 6 heteroatoms. The molecule has 3 aromatic rings. The van der Waals surface area contributed by atoms with E-state index in [0.29, 0.717) is 25.4 Å². The fourth-order valence-electron chi connectivity index (χ4n) is 4.75. The van der Waals surface area contributed by atoms with Crippen molar-refractivity contribution in [2.75, 3.05) is 19.3 Å². The minimum atomic E-state index is -0.0673. The smallest absolute Gasteiger partial charge is 0.289 e. The van der Waals surface area contributed by atoms with Gasteiger partial charge in [0.1, 0.15) is 0 Å². The number of amides is 1. The highest BCUT2D eigenvalue weighted by atomic mass is 32.2. The van der Waals surface area contributed by atoms with Crippen LogP contribution in [0.25, 0.3) is 11.1 Å². The first kappa shape index (κ1) is 18.3. The topological polar surface area (TPSA) is 55.5 Å². The predicted molar refractivity (Wildman–Crippen MR) is 113 cm³/mol. The second-order valence-electron chi connectivity index (χ2n) is 7.80. The van der Waals surface area contributed by atoms with Crippen LogP contribution >= 0.6 is 11.8 Å². The zero-order chi connectivity index (χ0) is 20.0. The van der Waals surface area contributed by atoms with Crippen LogP contribution in [-0.4, -0.2) is 34.7 Å². The van der Waals surface area contributed by atoms with Crippen molar-refractivity contribution < 1.29 is 9.21 Å². The number of hydrogen-bond acceptors (Lipinski definition) is 4. The fourth-order valence-corrected chi connectivity index (χ4v) is 5.16. The standard InChI is InChI=1S/C23H22N2O3S/c1-29-18-6-4-16(5-7-18)19-8-9-21(26)25-13-15-11-17(22(19)25)14-24(12-15)23(27)20-3-2-10-28-20/h2-10,15,17H,11-14H2,1H3. The lowest BCUT2D eigenvalue weighted by Crippen LogP contribution is -2.49. The van der Waals surface area contributed by atoms with Gasteiger partial charge >= 0.3 is 0 Å². The van der Waals surface area contributed by atoms with E-state index in [1.165, 1.54) is 11.2 Å². The Balaban J connectivity index is 1.54. The first-order valence-electron chi connectivity index (χ1n) is 9.85. The monoisotopic (exact) mass is 406 g/mol. The van der Waals surface area contributed by atoms with Gasteiger partial charge in [0, 0.05) is 47.8 Å². The third kappa shape index (κ3) is 3.21. The molecule has 5 rings (SSSR count). The molecule has 148 valence electrons. The summed E-state index contributed by atoms with van der Waals surface area (Å²) in [5.74, 6) is 0.739. The number of pyridine rings is 1. The minimum Gasteiger partial charge on any atom is -0.459 e. The van der Waals surface area contributed by atoms with Crippen LogP contribution < -0.4 is 5.56 Å². The Hall–Kier alpha value is -2.73. The van der Waals surface area contributed by atoms with Crippen LogP contribution in [0.5, 0.6) is 0 Å². The fraction of sp³-hybridized carbons (Fsp3) is 0.304. The van der Waals surface area contributed by atoms with Crippen molar-refractivity contribution in [3.8, 4) is 11.1 Å². The summed E-state index contributed by atoms with van der Waals surface area (Å²) in [5, 5.41) is 0. The van der Waals surface area contributed by atoms with Crippen LogP contribution in [0.2, 0.25) is 0 Å². The van der Waals surface area contributed by atoms with Crippen LogP contribution in [0, 0.1) is 5.92 Å². The van der Waals surface area contributed by atoms with E-state index in [-0.39, 0.29) is 23.3 Å². The second-order valence-corrected chi connectivity index (χ2v) is 8.68. The molecule has 2 unspecified atom stereocenters. The molecule has 1 amide bonds. The van der Waals surface area contributed by atoms with Gasteiger partial charge < -0.3 is 13.9 Å². The van der Waals surface area contributed by atoms with Crippen LogP contribution in [0.15, 0.2) is 68.9 Å². The van der Waals surface area contributed by atoms with E-state index in [2.05, 4.69) is 30.5 Å². The number of thioether (sulfide) groups is 1. The van der Waals surface area contributed by atoms with Gasteiger partial charge in [0.15, 0.2) is 5.76 Å². The first-order valence-corrected chi connectivity index (χ1v) is 11.1. The van der Waals surface area contributed by atoms with Crippen molar-refractivity contribution in [2.24, 2.45) is 5.92 Å². The molecule has 0 radical (unpaired) electrons. The van der Waals surface area contributed by atoms with Gasteiger partial charge in [0.25, 0.3) is 11.5 Å². The maximum Gasteiger partial charge on any atom is 0.289 e. The summed E-state index contributed by atoms with van der Waals surface area (Å²) in [6.07, 6.45) is 4.59. The molecule has 0 N–H and O–H groups in total. The number of piperidine rings is 1. The number of furan rings is 1. The normalized spacial score (nSPS) is 20.4. The Morgan fingerprint density at radius 3 is 2.62 bits per heavy atom. The zero-order valence-corrected chi connectivity index (χ0v) is 17.0. The van der Waals surface area contributed by atoms with Crippen molar-refractivity contribution in [1.82, 2.24) is 9.47 Å². The summed E-state index contributed by atoms with van der Waals surface area (Å²) in [4.78, 5) is 28.6. The van der Waals surface area contributed by atoms with E-state index in [9.17, 15) is 9.59 Å². The van der Waals surface area contributed by atoms with Crippen molar-refractivity contribution in [3.63, 3.8) is 0 Å². The van der Waals surface area contributed by atoms with E-state index in [1.54, 1.807) is 30.0 Å². The van der Waals surface area contributed by atoms with Gasteiger partial charge in [-0.25, -0.2) is 0 Å². The molecule has 0 spiro atoms. The van der Waals surface area contributed by atoms with Crippen molar-refractivity contribution in [1.29, 1.82) is 0 Å². The summed E-state index contributed by atoms with van der Waals surface area (Å²) < 4.78 is 7.26. The average molecular weight is 407 g/mol. The van der Waals surface area contributed by atoms with Crippen molar-refractivity contribution >= 4 is 17.7 Å². The number of carbonyl (C=O) groups excluding carboxylic acids is 1. The van der Waals surface area contributed by atoms with Crippen molar-refractivity contribution in [3.05, 3.63) is 76.6 Å². The summed E-state index contributed by atoms with van der Waals surface area (Å²) in [6, 6.07) is 15.5. The molecule has 0 aliphatic carbocycles. The van der Waals surface area contributed by atoms with Gasteiger partial charge in [0.2, 0.25) is 0 Å². The Labute approximate surface area is 173 Å². The van der Waals surface area contributed by atoms with E-state index >= 15 is 0 Å². The molecule has 2 aliphatic rings. The molecule has 2 aliphatic heterocycles. The largest absolute Gasteiger partial charge is 0.459 e. The lowest BCUT2D eigenvalue weighted by Gasteiger charge is -2.43. The highest BCUT2D eigenvalue weighted by Gasteiger charge is 2.38. The average Bonchev–Trinajstić information content (AvgIpc) is 3.29. The molecule has 5 nitrogen and oxygen atoms in total. The van der Waals surface area contributed by atoms with Gasteiger partial charge in [-0.05, 0) is 54.5 Å². The SMILES string of the molecule is CSc1ccc(-c2ccc(=O)n3c2C2CC(CN(C(=O)c4ccco4)C2)C3)cc1. The maximum atomic E-state index is 12.9. The van der Waals surface area contributed by atoms with E-state index in [4.69, 9.17) is 4.42 Å². The summed E-state index contributed by atoms with van der Waals surface area (Å²) in [6.45, 7) is 1.92. The number of rotatable bonds is 3. The van der Waals surface area contributed by atoms with Gasteiger partial charge in [-0.15, -0.1) is 11.8 Å². The summed E-state index contributed by atoms with van der Waals surface area (Å²) in [7, 11) is 0. The predicted octanol–water partition coefficient (Wildman–Crippen LogP) is 4.09. The molecule has 29 heavy (non-hydrogen) atoms. The molecule has 2 atom stereocenters. The Morgan fingerprint density at radius 2 is 1.90 bits per heavy atom. The molecule has 1 aromatic carbocycles. The molecule has 1 fully saturated rings. The molecule has 2 bridgehead atoms. The quantitative estimate of drug-likeness (QED) is 0.615. The van der Waals surface area contributed by atoms with Gasteiger partial charge in [-0.3, -0.25) is 9.59 Å². The molecular weight excluding hydrogens is 384 g/mol. The molecular formula is C23H22N2O3S. The minimum absolute atomic E-state index is 0.0463. The Morgan fingerprint density at radius 1 is 1.07 bits per heavy atom. The lowest BCUT2D eigenvalue weighted by atomic mass is 9.80. The highest BCUT2D eigenvalue weighted by molar-refractivity contribution is 7.98. The first-order chi connectivity index (χ1) is 14.1. The number of benzene rings is 1. The lowest BCUT2D eigenvalue weighted by molar-refractivity contribution is 0.0564.